The normalized spacial score (nSPS) is 14.3. The zero-order valence-corrected chi connectivity index (χ0v) is 11.2. The van der Waals surface area contributed by atoms with E-state index in [-0.39, 0.29) is 10.6 Å². The lowest BCUT2D eigenvalue weighted by molar-refractivity contribution is 0.561. The molecule has 94 valence electrons. The molecule has 1 aromatic rings. The van der Waals surface area contributed by atoms with Gasteiger partial charge in [-0.15, -0.1) is 0 Å². The molecule has 2 nitrogen and oxygen atoms in total. The first-order chi connectivity index (χ1) is 7.71. The van der Waals surface area contributed by atoms with Crippen LogP contribution in [0.4, 0.5) is 8.78 Å². The van der Waals surface area contributed by atoms with Crippen molar-refractivity contribution >= 4 is 29.2 Å². The largest absolute Gasteiger partial charge is 0.591 e. The monoisotopic (exact) mass is 279 g/mol. The average molecular weight is 280 g/mol. The Bertz CT molecular complexity index is 446. The maximum absolute atomic E-state index is 13.3. The van der Waals surface area contributed by atoms with Gasteiger partial charge in [0.05, 0.1) is 11.2 Å². The average Bonchev–Trinajstić information content (AvgIpc) is 2.19. The molecule has 6 heteroatoms. The van der Waals surface area contributed by atoms with Gasteiger partial charge in [-0.2, -0.15) is 0 Å². The highest BCUT2D eigenvalue weighted by Gasteiger charge is 2.26. The van der Waals surface area contributed by atoms with E-state index in [4.69, 9.17) is 11.6 Å². The van der Waals surface area contributed by atoms with Gasteiger partial charge in [-0.1, -0.05) is 16.0 Å². The number of hydrogen-bond acceptors (Lipinski definition) is 2. The highest BCUT2D eigenvalue weighted by Crippen LogP contribution is 2.20. The Morgan fingerprint density at radius 3 is 2.41 bits per heavy atom. The van der Waals surface area contributed by atoms with Gasteiger partial charge < -0.3 is 4.55 Å². The van der Waals surface area contributed by atoms with Crippen LogP contribution in [0.1, 0.15) is 26.3 Å². The fourth-order valence-corrected chi connectivity index (χ4v) is 1.58. The fraction of sp³-hybridized carbons (Fsp3) is 0.364. The van der Waals surface area contributed by atoms with Crippen molar-refractivity contribution in [3.05, 3.63) is 34.4 Å². The number of nitrogens with zero attached hydrogens (tertiary/aromatic N) is 1. The fourth-order valence-electron chi connectivity index (χ4n) is 0.900. The van der Waals surface area contributed by atoms with Gasteiger partial charge in [0.15, 0.2) is 0 Å². The summed E-state index contributed by atoms with van der Waals surface area (Å²) in [7, 11) is 0. The first-order valence-corrected chi connectivity index (χ1v) is 6.31. The Morgan fingerprint density at radius 2 is 1.88 bits per heavy atom. The predicted octanol–water partition coefficient (Wildman–Crippen LogP) is 3.50. The van der Waals surface area contributed by atoms with E-state index in [1.54, 1.807) is 20.8 Å². The van der Waals surface area contributed by atoms with Crippen LogP contribution in [0.2, 0.25) is 5.02 Å². The van der Waals surface area contributed by atoms with Crippen LogP contribution in [0.15, 0.2) is 16.5 Å². The van der Waals surface area contributed by atoms with E-state index in [0.717, 1.165) is 18.3 Å². The molecule has 0 unspecified atom stereocenters. The lowest BCUT2D eigenvalue weighted by atomic mass is 10.2. The highest BCUT2D eigenvalue weighted by molar-refractivity contribution is 7.91. The van der Waals surface area contributed by atoms with Crippen LogP contribution < -0.4 is 0 Å². The van der Waals surface area contributed by atoms with E-state index < -0.39 is 27.7 Å². The smallest absolute Gasteiger partial charge is 0.144 e. The molecule has 0 aliphatic rings. The Kier molecular flexibility index (Phi) is 4.52. The first kappa shape index (κ1) is 14.4. The molecule has 0 radical (unpaired) electrons. The van der Waals surface area contributed by atoms with Gasteiger partial charge >= 0.3 is 0 Å². The minimum absolute atomic E-state index is 0.0792. The summed E-state index contributed by atoms with van der Waals surface area (Å²) < 4.78 is 41.1. The lowest BCUT2D eigenvalue weighted by Gasteiger charge is -2.17. The molecule has 1 rings (SSSR count). The van der Waals surface area contributed by atoms with Crippen molar-refractivity contribution in [3.63, 3.8) is 0 Å². The summed E-state index contributed by atoms with van der Waals surface area (Å²) in [6.45, 7) is 5.21. The van der Waals surface area contributed by atoms with Gasteiger partial charge in [-0.3, -0.25) is 0 Å². The molecular weight excluding hydrogens is 268 g/mol. The third-order valence-corrected chi connectivity index (χ3v) is 3.49. The summed E-state index contributed by atoms with van der Waals surface area (Å²) in [4.78, 5) is 0. The van der Waals surface area contributed by atoms with Gasteiger partial charge in [-0.25, -0.2) is 8.78 Å². The Labute approximate surface area is 107 Å². The molecule has 0 saturated heterocycles. The molecule has 0 heterocycles. The minimum Gasteiger partial charge on any atom is -0.591 e. The van der Waals surface area contributed by atoms with Crippen molar-refractivity contribution in [2.75, 3.05) is 0 Å². The number of hydrogen-bond donors (Lipinski definition) is 0. The second-order valence-corrected chi connectivity index (χ2v) is 6.72. The number of rotatable bonds is 2. The van der Waals surface area contributed by atoms with Crippen LogP contribution in [-0.2, 0) is 11.4 Å². The van der Waals surface area contributed by atoms with Crippen molar-refractivity contribution in [2.45, 2.75) is 25.5 Å². The molecule has 0 bridgehead atoms. The van der Waals surface area contributed by atoms with Crippen LogP contribution >= 0.6 is 11.6 Å². The Morgan fingerprint density at radius 1 is 1.29 bits per heavy atom. The molecule has 0 aliphatic carbocycles. The molecule has 1 aromatic carbocycles. The van der Waals surface area contributed by atoms with Crippen LogP contribution in [0, 0.1) is 11.6 Å². The summed E-state index contributed by atoms with van der Waals surface area (Å²) in [6, 6.07) is 1.78. The van der Waals surface area contributed by atoms with Crippen molar-refractivity contribution < 1.29 is 13.3 Å². The molecule has 0 aromatic heterocycles. The van der Waals surface area contributed by atoms with E-state index in [0.29, 0.717) is 0 Å². The molecule has 0 amide bonds. The van der Waals surface area contributed by atoms with Gasteiger partial charge in [0.2, 0.25) is 0 Å². The molecule has 0 N–H and O–H groups in total. The lowest BCUT2D eigenvalue weighted by Crippen LogP contribution is -2.25. The SMILES string of the molecule is CC(C)(C)[S@@+]([O-])/N=C/c1cc(F)c(Cl)cc1F. The predicted molar refractivity (Wildman–Crippen MR) is 66.9 cm³/mol. The van der Waals surface area contributed by atoms with E-state index >= 15 is 0 Å². The molecule has 1 atom stereocenters. The van der Waals surface area contributed by atoms with Gasteiger partial charge in [0.1, 0.15) is 27.7 Å². The van der Waals surface area contributed by atoms with Crippen LogP contribution in [0.25, 0.3) is 0 Å². The van der Waals surface area contributed by atoms with E-state index in [1.807, 2.05) is 0 Å². The third-order valence-electron chi connectivity index (χ3n) is 1.85. The molecule has 0 saturated carbocycles. The van der Waals surface area contributed by atoms with E-state index in [1.165, 1.54) is 0 Å². The van der Waals surface area contributed by atoms with E-state index in [2.05, 4.69) is 4.40 Å². The standard InChI is InChI=1S/C11H12ClF2NOS/c1-11(2,3)17(16)15-6-7-4-10(14)8(12)5-9(7)13/h4-6H,1-3H3/b15-6+/t17-/m1/s1. The second-order valence-electron chi connectivity index (χ2n) is 4.38. The minimum atomic E-state index is -1.51. The van der Waals surface area contributed by atoms with Gasteiger partial charge in [0, 0.05) is 5.56 Å². The van der Waals surface area contributed by atoms with Crippen LogP contribution in [0.3, 0.4) is 0 Å². The number of halogens is 3. The van der Waals surface area contributed by atoms with E-state index in [9.17, 15) is 13.3 Å². The third kappa shape index (κ3) is 3.94. The van der Waals surface area contributed by atoms with Crippen molar-refractivity contribution in [1.29, 1.82) is 0 Å². The summed E-state index contributed by atoms with van der Waals surface area (Å²) in [6.07, 6.45) is 1.05. The quantitative estimate of drug-likeness (QED) is 0.464. The summed E-state index contributed by atoms with van der Waals surface area (Å²) in [5, 5.41) is -0.295. The maximum atomic E-state index is 13.3. The summed E-state index contributed by atoms with van der Waals surface area (Å²) in [5.74, 6) is -1.44. The van der Waals surface area contributed by atoms with Gasteiger partial charge in [0.25, 0.3) is 0 Å². The second kappa shape index (κ2) is 5.33. The maximum Gasteiger partial charge on any atom is 0.144 e. The highest BCUT2D eigenvalue weighted by atomic mass is 35.5. The van der Waals surface area contributed by atoms with Gasteiger partial charge in [-0.05, 0) is 32.9 Å². The van der Waals surface area contributed by atoms with Crippen LogP contribution in [0.5, 0.6) is 0 Å². The Balaban J connectivity index is 2.96. The molecule has 0 spiro atoms. The molecular formula is C11H12ClF2NOS. The molecule has 0 fully saturated rings. The molecule has 0 aliphatic heterocycles. The number of benzene rings is 1. The molecule has 17 heavy (non-hydrogen) atoms. The summed E-state index contributed by atoms with van der Waals surface area (Å²) >= 11 is 3.89. The van der Waals surface area contributed by atoms with Crippen molar-refractivity contribution in [1.82, 2.24) is 0 Å². The van der Waals surface area contributed by atoms with Crippen LogP contribution in [-0.4, -0.2) is 15.5 Å². The summed E-state index contributed by atoms with van der Waals surface area (Å²) in [5.41, 5.74) is -0.0792. The Hall–Kier alpha value is -0.650. The van der Waals surface area contributed by atoms with Crippen molar-refractivity contribution in [3.8, 4) is 0 Å². The zero-order valence-electron chi connectivity index (χ0n) is 9.63. The zero-order chi connectivity index (χ0) is 13.2. The topological polar surface area (TPSA) is 35.4 Å². The van der Waals surface area contributed by atoms with Crippen molar-refractivity contribution in [2.24, 2.45) is 4.40 Å². The first-order valence-electron chi connectivity index (χ1n) is 4.82.